The molecular formula is C24H25ClN4OS. The largest absolute Gasteiger partial charge is 0.443 e. The molecule has 0 bridgehead atoms. The summed E-state index contributed by atoms with van der Waals surface area (Å²) in [5.74, 6) is 0.692. The molecule has 0 aliphatic rings. The van der Waals surface area contributed by atoms with E-state index in [0.29, 0.717) is 27.1 Å². The fourth-order valence-corrected chi connectivity index (χ4v) is 4.15. The van der Waals surface area contributed by atoms with Crippen LogP contribution in [0, 0.1) is 25.2 Å². The summed E-state index contributed by atoms with van der Waals surface area (Å²) in [6, 6.07) is 13.8. The highest BCUT2D eigenvalue weighted by Crippen LogP contribution is 2.41. The Kier molecular flexibility index (Phi) is 6.68. The summed E-state index contributed by atoms with van der Waals surface area (Å²) >= 11 is 7.23. The molecule has 7 heteroatoms. The molecule has 0 atom stereocenters. The summed E-state index contributed by atoms with van der Waals surface area (Å²) in [6.45, 7) is 8.04. The van der Waals surface area contributed by atoms with Gasteiger partial charge in [-0.2, -0.15) is 9.64 Å². The Hall–Kier alpha value is -2.88. The average Bonchev–Trinajstić information content (AvgIpc) is 3.13. The van der Waals surface area contributed by atoms with Crippen LogP contribution in [0.2, 0.25) is 5.02 Å². The van der Waals surface area contributed by atoms with Gasteiger partial charge in [-0.3, -0.25) is 0 Å². The van der Waals surface area contributed by atoms with Crippen molar-refractivity contribution in [3.8, 4) is 16.9 Å². The zero-order chi connectivity index (χ0) is 22.8. The Morgan fingerprint density at radius 2 is 1.84 bits per heavy atom. The second-order valence-electron chi connectivity index (χ2n) is 8.15. The number of nitriles is 1. The summed E-state index contributed by atoms with van der Waals surface area (Å²) in [7, 11) is 3.86. The maximum Gasteiger partial charge on any atom is 0.218 e. The predicted molar refractivity (Wildman–Crippen MR) is 128 cm³/mol. The van der Waals surface area contributed by atoms with Gasteiger partial charge in [0.05, 0.1) is 17.7 Å². The van der Waals surface area contributed by atoms with Gasteiger partial charge in [0.2, 0.25) is 5.06 Å². The molecule has 160 valence electrons. The number of aryl methyl sites for hydroxylation is 2. The van der Waals surface area contributed by atoms with Gasteiger partial charge in [0.25, 0.3) is 0 Å². The van der Waals surface area contributed by atoms with E-state index < -0.39 is 5.41 Å². The van der Waals surface area contributed by atoms with Crippen LogP contribution in [0.4, 0.5) is 5.69 Å². The van der Waals surface area contributed by atoms with E-state index in [1.165, 1.54) is 11.5 Å². The zero-order valence-corrected chi connectivity index (χ0v) is 20.1. The molecule has 1 aromatic heterocycles. The third-order valence-electron chi connectivity index (χ3n) is 5.05. The van der Waals surface area contributed by atoms with Crippen LogP contribution in [0.25, 0.3) is 0 Å². The topological polar surface area (TPSA) is 61.5 Å². The molecule has 0 N–H and O–H groups in total. The van der Waals surface area contributed by atoms with E-state index in [9.17, 15) is 5.26 Å². The normalized spacial score (nSPS) is 11.5. The minimum Gasteiger partial charge on any atom is -0.443 e. The van der Waals surface area contributed by atoms with Gasteiger partial charge in [0, 0.05) is 36.1 Å². The first-order chi connectivity index (χ1) is 14.6. The van der Waals surface area contributed by atoms with E-state index in [4.69, 9.17) is 16.3 Å². The van der Waals surface area contributed by atoms with E-state index in [2.05, 4.69) is 15.4 Å². The summed E-state index contributed by atoms with van der Waals surface area (Å²) in [4.78, 5) is 6.39. The second kappa shape index (κ2) is 9.09. The van der Waals surface area contributed by atoms with Crippen molar-refractivity contribution in [3.05, 3.63) is 69.4 Å². The Balaban J connectivity index is 1.96. The lowest BCUT2D eigenvalue weighted by Gasteiger charge is -2.23. The molecule has 0 amide bonds. The van der Waals surface area contributed by atoms with Gasteiger partial charge < -0.3 is 9.64 Å². The van der Waals surface area contributed by atoms with Crippen LogP contribution in [0.3, 0.4) is 0 Å². The summed E-state index contributed by atoms with van der Waals surface area (Å²) < 4.78 is 10.8. The first-order valence-corrected chi connectivity index (χ1v) is 10.9. The molecule has 3 rings (SSSR count). The fourth-order valence-electron chi connectivity index (χ4n) is 3.17. The lowest BCUT2D eigenvalue weighted by Crippen LogP contribution is -2.20. The van der Waals surface area contributed by atoms with Gasteiger partial charge in [-0.1, -0.05) is 37.6 Å². The van der Waals surface area contributed by atoms with E-state index in [-0.39, 0.29) is 0 Å². The van der Waals surface area contributed by atoms with E-state index >= 15 is 0 Å². The van der Waals surface area contributed by atoms with Crippen molar-refractivity contribution in [1.82, 2.24) is 9.27 Å². The number of halogens is 1. The smallest absolute Gasteiger partial charge is 0.218 e. The third-order valence-corrected chi connectivity index (χ3v) is 6.03. The quantitative estimate of drug-likeness (QED) is 0.311. The molecule has 0 radical (unpaired) electrons. The second-order valence-corrected chi connectivity index (χ2v) is 9.32. The molecular weight excluding hydrogens is 428 g/mol. The first kappa shape index (κ1) is 22.8. The molecule has 0 fully saturated rings. The Labute approximate surface area is 192 Å². The highest BCUT2D eigenvalue weighted by atomic mass is 35.5. The summed E-state index contributed by atoms with van der Waals surface area (Å²) in [5, 5.41) is 11.1. The average molecular weight is 453 g/mol. The van der Waals surface area contributed by atoms with Gasteiger partial charge >= 0.3 is 0 Å². The van der Waals surface area contributed by atoms with Crippen LogP contribution in [-0.2, 0) is 5.41 Å². The standard InChI is InChI=1S/C24H25ClN4OS/c1-15-12-21(16(2)11-20(15)27-14-29(5)6)30-23-19(13-26)22(28-31-23)24(3,4)17-7-9-18(25)10-8-17/h7-12,14H,1-6H3. The van der Waals surface area contributed by atoms with Crippen molar-refractivity contribution in [2.24, 2.45) is 4.99 Å². The minimum absolute atomic E-state index is 0.455. The van der Waals surface area contributed by atoms with E-state index in [0.717, 1.165) is 22.4 Å². The third kappa shape index (κ3) is 4.90. The highest BCUT2D eigenvalue weighted by molar-refractivity contribution is 7.08. The SMILES string of the molecule is Cc1cc(Oc2snc(C(C)(C)c3ccc(Cl)cc3)c2C#N)c(C)cc1N=CN(C)C. The van der Waals surface area contributed by atoms with Gasteiger partial charge in [-0.25, -0.2) is 4.99 Å². The number of hydrogen-bond donors (Lipinski definition) is 0. The number of ether oxygens (including phenoxy) is 1. The molecule has 3 aromatic rings. The monoisotopic (exact) mass is 452 g/mol. The molecule has 5 nitrogen and oxygen atoms in total. The molecule has 0 unspecified atom stereocenters. The summed E-state index contributed by atoms with van der Waals surface area (Å²) in [5.41, 5.74) is 4.52. The molecule has 0 saturated heterocycles. The number of aromatic nitrogens is 1. The predicted octanol–water partition coefficient (Wildman–Crippen LogP) is 6.62. The number of rotatable bonds is 6. The Morgan fingerprint density at radius 1 is 1.16 bits per heavy atom. The lowest BCUT2D eigenvalue weighted by molar-refractivity contribution is 0.489. The maximum atomic E-state index is 9.90. The van der Waals surface area contributed by atoms with Crippen LogP contribution < -0.4 is 4.74 Å². The minimum atomic E-state index is -0.469. The van der Waals surface area contributed by atoms with Crippen LogP contribution in [-0.4, -0.2) is 29.7 Å². The van der Waals surface area contributed by atoms with Crippen LogP contribution in [0.5, 0.6) is 10.8 Å². The molecule has 1 heterocycles. The van der Waals surface area contributed by atoms with Crippen molar-refractivity contribution in [2.75, 3.05) is 14.1 Å². The Bertz CT molecular complexity index is 1160. The maximum absolute atomic E-state index is 9.90. The molecule has 31 heavy (non-hydrogen) atoms. The number of hydrogen-bond acceptors (Lipinski definition) is 5. The van der Waals surface area contributed by atoms with Crippen molar-refractivity contribution in [3.63, 3.8) is 0 Å². The molecule has 0 aliphatic carbocycles. The number of benzene rings is 2. The Morgan fingerprint density at radius 3 is 2.45 bits per heavy atom. The van der Waals surface area contributed by atoms with E-state index in [1.807, 2.05) is 83.1 Å². The van der Waals surface area contributed by atoms with Gasteiger partial charge in [-0.05, 0) is 54.8 Å². The molecule has 2 aromatic carbocycles. The van der Waals surface area contributed by atoms with Crippen LogP contribution in [0.1, 0.15) is 41.8 Å². The first-order valence-electron chi connectivity index (χ1n) is 9.79. The van der Waals surface area contributed by atoms with Crippen LogP contribution >= 0.6 is 23.1 Å². The zero-order valence-electron chi connectivity index (χ0n) is 18.5. The van der Waals surface area contributed by atoms with E-state index in [1.54, 1.807) is 6.34 Å². The van der Waals surface area contributed by atoms with Crippen LogP contribution in [0.15, 0.2) is 41.4 Å². The highest BCUT2D eigenvalue weighted by Gasteiger charge is 2.31. The van der Waals surface area contributed by atoms with Gasteiger partial charge in [0.1, 0.15) is 17.4 Å². The molecule has 0 aliphatic heterocycles. The van der Waals surface area contributed by atoms with Crippen molar-refractivity contribution in [2.45, 2.75) is 33.1 Å². The number of nitrogens with zero attached hydrogens (tertiary/aromatic N) is 4. The molecule has 0 saturated carbocycles. The lowest BCUT2D eigenvalue weighted by atomic mass is 9.80. The van der Waals surface area contributed by atoms with Gasteiger partial charge in [0.15, 0.2) is 0 Å². The molecule has 0 spiro atoms. The van der Waals surface area contributed by atoms with Crippen molar-refractivity contribution >= 4 is 35.2 Å². The van der Waals surface area contributed by atoms with Crippen molar-refractivity contribution < 1.29 is 4.74 Å². The number of aliphatic imine (C=N–C) groups is 1. The van der Waals surface area contributed by atoms with Crippen molar-refractivity contribution in [1.29, 1.82) is 5.26 Å². The summed E-state index contributed by atoms with van der Waals surface area (Å²) in [6.07, 6.45) is 1.77. The van der Waals surface area contributed by atoms with Gasteiger partial charge in [-0.15, -0.1) is 0 Å². The fraction of sp³-hybridized carbons (Fsp3) is 0.292.